The molecule has 3 heterocycles. The van der Waals surface area contributed by atoms with E-state index in [1.165, 1.54) is 67.3 Å². The van der Waals surface area contributed by atoms with Crippen molar-refractivity contribution in [1.82, 2.24) is 4.90 Å². The molecule has 2 fully saturated rings. The van der Waals surface area contributed by atoms with Gasteiger partial charge in [0.1, 0.15) is 5.75 Å². The summed E-state index contributed by atoms with van der Waals surface area (Å²) >= 11 is 7.77. The minimum Gasteiger partial charge on any atom is -0.410 e. The van der Waals surface area contributed by atoms with Crippen molar-refractivity contribution < 1.29 is 9.53 Å². The molecule has 0 spiro atoms. The van der Waals surface area contributed by atoms with Crippen molar-refractivity contribution in [3.05, 3.63) is 58.4 Å². The number of carbonyl (C=O) groups excluding carboxylic acids is 1. The Morgan fingerprint density at radius 1 is 1.06 bits per heavy atom. The quantitative estimate of drug-likeness (QED) is 0.451. The standard InChI is InChI=1S/C25H27ClN2O2S/c26-18-4-3-6-21(14-18)30-25(29)27-19-8-10-24-22(15-19)23(16-31-24)17-7-9-20-5-1-2-12-28(20)13-11-17/h3-4,6,8,10,14-17,20H,1-2,5,7,9,11-13H2,(H,27,29). The number of nitrogens with one attached hydrogen (secondary N) is 1. The van der Waals surface area contributed by atoms with Crippen LogP contribution in [0.1, 0.15) is 50.0 Å². The molecule has 162 valence electrons. The van der Waals surface area contributed by atoms with Gasteiger partial charge in [0, 0.05) is 21.5 Å². The van der Waals surface area contributed by atoms with E-state index in [4.69, 9.17) is 16.3 Å². The molecule has 2 atom stereocenters. The maximum absolute atomic E-state index is 12.4. The molecule has 1 N–H and O–H groups in total. The van der Waals surface area contributed by atoms with Crippen LogP contribution in [0.2, 0.25) is 5.02 Å². The normalized spacial score (nSPS) is 22.0. The van der Waals surface area contributed by atoms with Crippen molar-refractivity contribution in [2.75, 3.05) is 18.4 Å². The number of hydrogen-bond acceptors (Lipinski definition) is 4. The second-order valence-corrected chi connectivity index (χ2v) is 9.97. The second-order valence-electron chi connectivity index (χ2n) is 8.62. The van der Waals surface area contributed by atoms with E-state index >= 15 is 0 Å². The Labute approximate surface area is 192 Å². The fourth-order valence-corrected chi connectivity index (χ4v) is 6.28. The van der Waals surface area contributed by atoms with Gasteiger partial charge in [-0.1, -0.05) is 24.1 Å². The Morgan fingerprint density at radius 2 is 2.00 bits per heavy atom. The maximum atomic E-state index is 12.4. The highest BCUT2D eigenvalue weighted by atomic mass is 35.5. The number of halogens is 1. The van der Waals surface area contributed by atoms with Crippen molar-refractivity contribution >= 4 is 44.8 Å². The summed E-state index contributed by atoms with van der Waals surface area (Å²) in [4.78, 5) is 15.1. The third-order valence-electron chi connectivity index (χ3n) is 6.66. The van der Waals surface area contributed by atoms with Crippen molar-refractivity contribution in [1.29, 1.82) is 0 Å². The molecule has 0 bridgehead atoms. The van der Waals surface area contributed by atoms with Crippen LogP contribution in [0.3, 0.4) is 0 Å². The van der Waals surface area contributed by atoms with Gasteiger partial charge in [0.05, 0.1) is 0 Å². The third-order valence-corrected chi connectivity index (χ3v) is 7.88. The smallest absolute Gasteiger partial charge is 0.410 e. The Morgan fingerprint density at radius 3 is 2.90 bits per heavy atom. The Hall–Kier alpha value is -2.08. The Kier molecular flexibility index (Phi) is 6.17. The topological polar surface area (TPSA) is 41.6 Å². The summed E-state index contributed by atoms with van der Waals surface area (Å²) < 4.78 is 6.64. The minimum atomic E-state index is -0.510. The summed E-state index contributed by atoms with van der Waals surface area (Å²) in [5.41, 5.74) is 2.19. The molecule has 1 aromatic heterocycles. The van der Waals surface area contributed by atoms with Gasteiger partial charge in [-0.2, -0.15) is 0 Å². The number of thiophene rings is 1. The van der Waals surface area contributed by atoms with Gasteiger partial charge in [-0.05, 0) is 104 Å². The van der Waals surface area contributed by atoms with Gasteiger partial charge in [0.15, 0.2) is 0 Å². The summed E-state index contributed by atoms with van der Waals surface area (Å²) in [6.07, 6.45) is 7.35. The van der Waals surface area contributed by atoms with Gasteiger partial charge in [-0.25, -0.2) is 4.79 Å². The lowest BCUT2D eigenvalue weighted by molar-refractivity contribution is 0.151. The minimum absolute atomic E-state index is 0.428. The molecule has 2 aliphatic heterocycles. The van der Waals surface area contributed by atoms with Crippen LogP contribution in [0.15, 0.2) is 47.8 Å². The van der Waals surface area contributed by atoms with Crippen LogP contribution in [0.4, 0.5) is 10.5 Å². The molecule has 5 rings (SSSR count). The molecule has 2 aliphatic rings. The molecule has 2 unspecified atom stereocenters. The predicted molar refractivity (Wildman–Crippen MR) is 129 cm³/mol. The number of ether oxygens (including phenoxy) is 1. The zero-order valence-corrected chi connectivity index (χ0v) is 19.1. The lowest BCUT2D eigenvalue weighted by atomic mass is 9.90. The SMILES string of the molecule is O=C(Nc1ccc2scc(C3CCC4CCCCN4CC3)c2c1)Oc1cccc(Cl)c1. The predicted octanol–water partition coefficient (Wildman–Crippen LogP) is 7.29. The van der Waals surface area contributed by atoms with Crippen LogP contribution >= 0.6 is 22.9 Å². The number of amides is 1. The van der Waals surface area contributed by atoms with E-state index in [1.807, 2.05) is 6.07 Å². The monoisotopic (exact) mass is 454 g/mol. The van der Waals surface area contributed by atoms with Crippen molar-refractivity contribution in [3.8, 4) is 5.75 Å². The van der Waals surface area contributed by atoms with Gasteiger partial charge in [-0.3, -0.25) is 5.32 Å². The number of nitrogens with zero attached hydrogens (tertiary/aromatic N) is 1. The van der Waals surface area contributed by atoms with E-state index in [9.17, 15) is 4.79 Å². The van der Waals surface area contributed by atoms with Crippen LogP contribution in [-0.2, 0) is 0 Å². The molecule has 3 aromatic rings. The van der Waals surface area contributed by atoms with Crippen molar-refractivity contribution in [2.45, 2.75) is 50.5 Å². The van der Waals surface area contributed by atoms with E-state index in [0.29, 0.717) is 16.7 Å². The maximum Gasteiger partial charge on any atom is 0.417 e. The molecule has 0 saturated carbocycles. The molecule has 2 aromatic carbocycles. The highest BCUT2D eigenvalue weighted by Gasteiger charge is 2.28. The van der Waals surface area contributed by atoms with Gasteiger partial charge >= 0.3 is 6.09 Å². The molecular formula is C25H27ClN2O2S. The Bertz CT molecular complexity index is 1070. The number of fused-ring (bicyclic) bond motifs is 2. The van der Waals surface area contributed by atoms with E-state index < -0.39 is 6.09 Å². The average Bonchev–Trinajstić information content (AvgIpc) is 3.05. The van der Waals surface area contributed by atoms with E-state index in [-0.39, 0.29) is 0 Å². The largest absolute Gasteiger partial charge is 0.417 e. The summed E-state index contributed by atoms with van der Waals surface area (Å²) in [5.74, 6) is 1.02. The highest BCUT2D eigenvalue weighted by Crippen LogP contribution is 2.40. The van der Waals surface area contributed by atoms with E-state index in [1.54, 1.807) is 35.6 Å². The first-order valence-corrected chi connectivity index (χ1v) is 12.4. The fraction of sp³-hybridized carbons (Fsp3) is 0.400. The zero-order chi connectivity index (χ0) is 21.2. The second kappa shape index (κ2) is 9.19. The molecule has 6 heteroatoms. The lowest BCUT2D eigenvalue weighted by Gasteiger charge is -2.33. The van der Waals surface area contributed by atoms with E-state index in [2.05, 4.69) is 27.7 Å². The van der Waals surface area contributed by atoms with Gasteiger partial charge in [-0.15, -0.1) is 11.3 Å². The highest BCUT2D eigenvalue weighted by molar-refractivity contribution is 7.17. The first kappa shape index (κ1) is 20.8. The number of carbonyl (C=O) groups is 1. The summed E-state index contributed by atoms with van der Waals surface area (Å²) in [6, 6.07) is 13.8. The van der Waals surface area contributed by atoms with Crippen molar-refractivity contribution in [3.63, 3.8) is 0 Å². The molecule has 2 saturated heterocycles. The van der Waals surface area contributed by atoms with Crippen LogP contribution < -0.4 is 10.1 Å². The first-order chi connectivity index (χ1) is 15.2. The molecule has 0 aliphatic carbocycles. The molecule has 4 nitrogen and oxygen atoms in total. The summed E-state index contributed by atoms with van der Waals surface area (Å²) in [5, 5.41) is 6.99. The molecular weight excluding hydrogens is 428 g/mol. The first-order valence-electron chi connectivity index (χ1n) is 11.2. The number of anilines is 1. The molecule has 31 heavy (non-hydrogen) atoms. The zero-order valence-electron chi connectivity index (χ0n) is 17.5. The van der Waals surface area contributed by atoms with Crippen LogP contribution in [-0.4, -0.2) is 30.1 Å². The lowest BCUT2D eigenvalue weighted by Crippen LogP contribution is -2.38. The number of benzene rings is 2. The average molecular weight is 455 g/mol. The summed E-state index contributed by atoms with van der Waals surface area (Å²) in [7, 11) is 0. The van der Waals surface area contributed by atoms with Crippen LogP contribution in [0.25, 0.3) is 10.1 Å². The van der Waals surface area contributed by atoms with Gasteiger partial charge in [0.25, 0.3) is 0 Å². The third kappa shape index (κ3) is 4.74. The number of piperidine rings is 1. The van der Waals surface area contributed by atoms with Crippen molar-refractivity contribution in [2.24, 2.45) is 0 Å². The van der Waals surface area contributed by atoms with Gasteiger partial charge < -0.3 is 9.64 Å². The number of hydrogen-bond donors (Lipinski definition) is 1. The molecule has 1 amide bonds. The summed E-state index contributed by atoms with van der Waals surface area (Å²) in [6.45, 7) is 2.47. The van der Waals surface area contributed by atoms with Crippen LogP contribution in [0, 0.1) is 0 Å². The molecule has 0 radical (unpaired) electrons. The van der Waals surface area contributed by atoms with E-state index in [0.717, 1.165) is 11.7 Å². The van der Waals surface area contributed by atoms with Crippen LogP contribution in [0.5, 0.6) is 5.75 Å². The Balaban J connectivity index is 1.32. The number of rotatable bonds is 3. The fourth-order valence-electron chi connectivity index (χ4n) is 5.08. The van der Waals surface area contributed by atoms with Gasteiger partial charge in [0.2, 0.25) is 0 Å².